The lowest BCUT2D eigenvalue weighted by Crippen LogP contribution is -2.19. The molecule has 72 valence electrons. The number of aromatic nitrogens is 1. The zero-order valence-electron chi connectivity index (χ0n) is 7.66. The number of oxazole rings is 1. The molecule has 0 amide bonds. The highest BCUT2D eigenvalue weighted by atomic mass is 35.5. The van der Waals surface area contributed by atoms with E-state index in [9.17, 15) is 0 Å². The monoisotopic (exact) mass is 200 g/mol. The fraction of sp³-hybridized carbons (Fsp3) is 0.667. The van der Waals surface area contributed by atoms with Gasteiger partial charge >= 0.3 is 0 Å². The molecule has 2 rings (SSSR count). The molecule has 2 heterocycles. The van der Waals surface area contributed by atoms with Crippen molar-refractivity contribution in [3.8, 4) is 0 Å². The molecule has 1 saturated heterocycles. The Bertz CT molecular complexity index is 287. The number of likely N-dealkylation sites (N-methyl/N-ethyl adjacent to an activating group) is 1. The molecule has 1 aromatic rings. The van der Waals surface area contributed by atoms with Gasteiger partial charge in [0.2, 0.25) is 11.1 Å². The molecule has 1 aromatic heterocycles. The van der Waals surface area contributed by atoms with Crippen LogP contribution in [-0.2, 0) is 0 Å². The minimum absolute atomic E-state index is 0.393. The van der Waals surface area contributed by atoms with Gasteiger partial charge in [-0.3, -0.25) is 0 Å². The average Bonchev–Trinajstić information content (AvgIpc) is 2.71. The largest absolute Gasteiger partial charge is 0.429 e. The lowest BCUT2D eigenvalue weighted by molar-refractivity contribution is 0.344. The first-order valence-electron chi connectivity index (χ1n) is 4.63. The Kier molecular flexibility index (Phi) is 2.56. The second kappa shape index (κ2) is 3.68. The van der Waals surface area contributed by atoms with Crippen LogP contribution in [0.3, 0.4) is 0 Å². The first kappa shape index (κ1) is 9.03. The Hall–Kier alpha value is -0.540. The van der Waals surface area contributed by atoms with Crippen LogP contribution in [0, 0.1) is 0 Å². The van der Waals surface area contributed by atoms with Crippen LogP contribution in [-0.4, -0.2) is 29.5 Å². The molecule has 0 spiro atoms. The molecule has 0 saturated carbocycles. The van der Waals surface area contributed by atoms with Gasteiger partial charge in [0.25, 0.3) is 0 Å². The van der Waals surface area contributed by atoms with Crippen LogP contribution in [0.1, 0.15) is 25.2 Å². The van der Waals surface area contributed by atoms with Crippen molar-refractivity contribution in [3.63, 3.8) is 0 Å². The minimum Gasteiger partial charge on any atom is -0.429 e. The van der Waals surface area contributed by atoms with Crippen LogP contribution in [0.25, 0.3) is 0 Å². The van der Waals surface area contributed by atoms with Gasteiger partial charge in [-0.15, -0.1) is 0 Å². The van der Waals surface area contributed by atoms with E-state index < -0.39 is 0 Å². The Morgan fingerprint density at radius 3 is 3.15 bits per heavy atom. The summed E-state index contributed by atoms with van der Waals surface area (Å²) in [5, 5.41) is 0.393. The summed E-state index contributed by atoms with van der Waals surface area (Å²) < 4.78 is 5.29. The minimum atomic E-state index is 0.393. The van der Waals surface area contributed by atoms with Crippen molar-refractivity contribution in [1.82, 2.24) is 9.88 Å². The van der Waals surface area contributed by atoms with Crippen molar-refractivity contribution >= 4 is 11.6 Å². The van der Waals surface area contributed by atoms with E-state index >= 15 is 0 Å². The van der Waals surface area contributed by atoms with Crippen LogP contribution in [0.5, 0.6) is 0 Å². The third-order valence-corrected chi connectivity index (χ3v) is 2.74. The fourth-order valence-corrected chi connectivity index (χ4v) is 1.90. The van der Waals surface area contributed by atoms with Crippen molar-refractivity contribution in [2.45, 2.75) is 19.3 Å². The molecule has 0 bridgehead atoms. The zero-order valence-corrected chi connectivity index (χ0v) is 8.42. The number of rotatable bonds is 2. The number of hydrogen-bond acceptors (Lipinski definition) is 3. The Morgan fingerprint density at radius 1 is 1.77 bits per heavy atom. The lowest BCUT2D eigenvalue weighted by Gasteiger charge is -2.10. The fourth-order valence-electron chi connectivity index (χ4n) is 1.78. The molecule has 0 aromatic carbocycles. The maximum Gasteiger partial charge on any atom is 0.213 e. The van der Waals surface area contributed by atoms with Crippen LogP contribution in [0.2, 0.25) is 5.22 Å². The van der Waals surface area contributed by atoms with Crippen molar-refractivity contribution in [1.29, 1.82) is 0 Å². The smallest absolute Gasteiger partial charge is 0.213 e. The van der Waals surface area contributed by atoms with Gasteiger partial charge in [-0.25, -0.2) is 4.98 Å². The standard InChI is InChI=1S/C9H13ClN2O/c1-2-12-4-3-7(6-12)9-11-5-8(10)13-9/h5,7H,2-4,6H2,1H3. The average molecular weight is 201 g/mol. The number of halogens is 1. The first-order chi connectivity index (χ1) is 6.29. The number of likely N-dealkylation sites (tertiary alicyclic amines) is 1. The molecule has 13 heavy (non-hydrogen) atoms. The quantitative estimate of drug-likeness (QED) is 0.733. The maximum atomic E-state index is 5.67. The second-order valence-electron chi connectivity index (χ2n) is 3.38. The summed E-state index contributed by atoms with van der Waals surface area (Å²) >= 11 is 5.67. The molecule has 1 atom stereocenters. The van der Waals surface area contributed by atoms with Gasteiger partial charge in [-0.05, 0) is 31.1 Å². The van der Waals surface area contributed by atoms with Crippen molar-refractivity contribution in [2.75, 3.05) is 19.6 Å². The predicted molar refractivity (Wildman–Crippen MR) is 51.0 cm³/mol. The summed E-state index contributed by atoms with van der Waals surface area (Å²) in [5.74, 6) is 1.23. The molecule has 0 N–H and O–H groups in total. The van der Waals surface area contributed by atoms with Gasteiger partial charge in [0, 0.05) is 12.5 Å². The van der Waals surface area contributed by atoms with E-state index in [-0.39, 0.29) is 0 Å². The van der Waals surface area contributed by atoms with E-state index in [1.807, 2.05) is 0 Å². The van der Waals surface area contributed by atoms with E-state index in [4.69, 9.17) is 16.0 Å². The van der Waals surface area contributed by atoms with E-state index in [1.165, 1.54) is 0 Å². The first-order valence-corrected chi connectivity index (χ1v) is 5.01. The number of hydrogen-bond donors (Lipinski definition) is 0. The van der Waals surface area contributed by atoms with E-state index in [0.29, 0.717) is 11.1 Å². The van der Waals surface area contributed by atoms with Crippen LogP contribution >= 0.6 is 11.6 Å². The zero-order chi connectivity index (χ0) is 9.26. The third kappa shape index (κ3) is 1.86. The van der Waals surface area contributed by atoms with E-state index in [1.54, 1.807) is 6.20 Å². The second-order valence-corrected chi connectivity index (χ2v) is 3.75. The summed E-state index contributed by atoms with van der Waals surface area (Å²) in [6, 6.07) is 0. The van der Waals surface area contributed by atoms with Gasteiger partial charge in [0.15, 0.2) is 0 Å². The van der Waals surface area contributed by atoms with E-state index in [0.717, 1.165) is 31.9 Å². The van der Waals surface area contributed by atoms with Gasteiger partial charge in [0.1, 0.15) is 0 Å². The van der Waals surface area contributed by atoms with Gasteiger partial charge in [-0.1, -0.05) is 6.92 Å². The molecule has 3 nitrogen and oxygen atoms in total. The Morgan fingerprint density at radius 2 is 2.62 bits per heavy atom. The Balaban J connectivity index is 2.03. The summed E-state index contributed by atoms with van der Waals surface area (Å²) in [6.07, 6.45) is 2.70. The summed E-state index contributed by atoms with van der Waals surface area (Å²) in [4.78, 5) is 6.53. The topological polar surface area (TPSA) is 29.3 Å². The molecule has 0 aliphatic carbocycles. The predicted octanol–water partition coefficient (Wildman–Crippen LogP) is 2.14. The maximum absolute atomic E-state index is 5.67. The molecule has 1 aliphatic rings. The lowest BCUT2D eigenvalue weighted by atomic mass is 10.1. The molecule has 0 radical (unpaired) electrons. The molecule has 4 heteroatoms. The summed E-state index contributed by atoms with van der Waals surface area (Å²) in [5.41, 5.74) is 0. The van der Waals surface area contributed by atoms with E-state index in [2.05, 4.69) is 16.8 Å². The SMILES string of the molecule is CCN1CCC(c2ncc(Cl)o2)C1. The van der Waals surface area contributed by atoms with Crippen LogP contribution in [0.15, 0.2) is 10.6 Å². The highest BCUT2D eigenvalue weighted by molar-refractivity contribution is 6.28. The van der Waals surface area contributed by atoms with Crippen molar-refractivity contribution < 1.29 is 4.42 Å². The van der Waals surface area contributed by atoms with Gasteiger partial charge in [-0.2, -0.15) is 0 Å². The molecule has 1 unspecified atom stereocenters. The highest BCUT2D eigenvalue weighted by Crippen LogP contribution is 2.27. The van der Waals surface area contributed by atoms with Crippen molar-refractivity contribution in [2.24, 2.45) is 0 Å². The normalized spacial score (nSPS) is 24.0. The van der Waals surface area contributed by atoms with Crippen LogP contribution < -0.4 is 0 Å². The molecular formula is C9H13ClN2O. The summed E-state index contributed by atoms with van der Waals surface area (Å²) in [6.45, 7) is 5.46. The highest BCUT2D eigenvalue weighted by Gasteiger charge is 2.26. The summed E-state index contributed by atoms with van der Waals surface area (Å²) in [7, 11) is 0. The molecular weight excluding hydrogens is 188 g/mol. The van der Waals surface area contributed by atoms with Gasteiger partial charge in [0.05, 0.1) is 6.20 Å². The molecule has 1 fully saturated rings. The van der Waals surface area contributed by atoms with Crippen molar-refractivity contribution in [3.05, 3.63) is 17.3 Å². The Labute approximate surface area is 82.7 Å². The van der Waals surface area contributed by atoms with Gasteiger partial charge < -0.3 is 9.32 Å². The van der Waals surface area contributed by atoms with Crippen LogP contribution in [0.4, 0.5) is 0 Å². The molecule has 1 aliphatic heterocycles. The number of nitrogens with zero attached hydrogens (tertiary/aromatic N) is 2. The third-order valence-electron chi connectivity index (χ3n) is 2.56.